The fourth-order valence-corrected chi connectivity index (χ4v) is 3.86. The van der Waals surface area contributed by atoms with E-state index in [1.165, 1.54) is 0 Å². The summed E-state index contributed by atoms with van der Waals surface area (Å²) in [7, 11) is -3.45. The number of benzene rings is 3. The molecule has 0 atom stereocenters. The summed E-state index contributed by atoms with van der Waals surface area (Å²) < 4.78 is 31.4. The van der Waals surface area contributed by atoms with E-state index in [1.807, 2.05) is 0 Å². The van der Waals surface area contributed by atoms with Crippen LogP contribution in [0.2, 0.25) is 10.0 Å². The van der Waals surface area contributed by atoms with Gasteiger partial charge < -0.3 is 10.1 Å². The molecule has 3 rings (SSSR count). The van der Waals surface area contributed by atoms with E-state index in [0.29, 0.717) is 32.7 Å². The van der Waals surface area contributed by atoms with Gasteiger partial charge in [-0.15, -0.1) is 0 Å². The third-order valence-corrected chi connectivity index (χ3v) is 5.50. The molecule has 0 saturated carbocycles. The van der Waals surface area contributed by atoms with Gasteiger partial charge in [-0.2, -0.15) is 0 Å². The first-order valence-corrected chi connectivity index (χ1v) is 11.8. The van der Waals surface area contributed by atoms with Crippen molar-refractivity contribution in [3.8, 4) is 5.75 Å². The first-order chi connectivity index (χ1) is 14.6. The Balaban J connectivity index is 1.78. The van der Waals surface area contributed by atoms with E-state index >= 15 is 0 Å². The fraction of sp³-hybridized carbons (Fsp3) is 0.136. The van der Waals surface area contributed by atoms with Crippen LogP contribution in [-0.4, -0.2) is 20.6 Å². The Morgan fingerprint density at radius 3 is 2.48 bits per heavy atom. The van der Waals surface area contributed by atoms with Gasteiger partial charge in [0.25, 0.3) is 5.91 Å². The second kappa shape index (κ2) is 9.60. The van der Waals surface area contributed by atoms with Gasteiger partial charge in [-0.05, 0) is 48.9 Å². The van der Waals surface area contributed by atoms with Crippen LogP contribution in [0, 0.1) is 6.92 Å². The average molecular weight is 479 g/mol. The van der Waals surface area contributed by atoms with Gasteiger partial charge in [0.05, 0.1) is 17.5 Å². The molecular formula is C22H20Cl2N2O4S. The van der Waals surface area contributed by atoms with Gasteiger partial charge in [-0.3, -0.25) is 9.52 Å². The molecule has 0 heterocycles. The average Bonchev–Trinajstić information content (AvgIpc) is 2.69. The predicted molar refractivity (Wildman–Crippen MR) is 125 cm³/mol. The van der Waals surface area contributed by atoms with Crippen molar-refractivity contribution < 1.29 is 17.9 Å². The van der Waals surface area contributed by atoms with Crippen molar-refractivity contribution in [3.05, 3.63) is 87.4 Å². The molecule has 0 unspecified atom stereocenters. The maximum atomic E-state index is 12.9. The zero-order chi connectivity index (χ0) is 22.6. The summed E-state index contributed by atoms with van der Waals surface area (Å²) in [6.45, 7) is 1.93. The largest absolute Gasteiger partial charge is 0.488 e. The molecule has 9 heteroatoms. The topological polar surface area (TPSA) is 84.5 Å². The highest BCUT2D eigenvalue weighted by Crippen LogP contribution is 2.26. The fourth-order valence-electron chi connectivity index (χ4n) is 2.78. The van der Waals surface area contributed by atoms with E-state index in [2.05, 4.69) is 10.0 Å². The Kier molecular flexibility index (Phi) is 7.10. The van der Waals surface area contributed by atoms with Crippen molar-refractivity contribution in [2.45, 2.75) is 13.5 Å². The van der Waals surface area contributed by atoms with E-state index in [4.69, 9.17) is 27.9 Å². The molecular weight excluding hydrogens is 459 g/mol. The predicted octanol–water partition coefficient (Wildman–Crippen LogP) is 5.50. The molecule has 0 fully saturated rings. The number of aryl methyl sites for hydroxylation is 1. The summed E-state index contributed by atoms with van der Waals surface area (Å²) in [6.07, 6.45) is 1.07. The van der Waals surface area contributed by atoms with Crippen LogP contribution in [0.5, 0.6) is 5.75 Å². The van der Waals surface area contributed by atoms with Crippen LogP contribution in [0.4, 0.5) is 11.4 Å². The molecule has 0 aliphatic heterocycles. The van der Waals surface area contributed by atoms with Crippen LogP contribution >= 0.6 is 23.2 Å². The molecule has 1 amide bonds. The Hall–Kier alpha value is -2.74. The number of halogens is 2. The highest BCUT2D eigenvalue weighted by molar-refractivity contribution is 7.92. The van der Waals surface area contributed by atoms with E-state index in [0.717, 1.165) is 17.4 Å². The molecule has 0 radical (unpaired) electrons. The zero-order valence-electron chi connectivity index (χ0n) is 16.8. The standard InChI is InChI=1S/C22H20Cl2N2O4S/c1-14-7-10-17(12-20(14)26-31(2,28)29)25-22(27)18-5-3-4-6-21(18)30-13-15-8-9-16(23)11-19(15)24/h3-12,26H,13H2,1-2H3,(H,25,27). The van der Waals surface area contributed by atoms with E-state index in [1.54, 1.807) is 67.6 Å². The Labute approximate surface area is 191 Å². The molecule has 0 bridgehead atoms. The summed E-state index contributed by atoms with van der Waals surface area (Å²) in [5, 5.41) is 3.77. The van der Waals surface area contributed by atoms with Crippen LogP contribution in [-0.2, 0) is 16.6 Å². The Morgan fingerprint density at radius 2 is 1.77 bits per heavy atom. The molecule has 0 saturated heterocycles. The van der Waals surface area contributed by atoms with Crippen LogP contribution in [0.3, 0.4) is 0 Å². The highest BCUT2D eigenvalue weighted by Gasteiger charge is 2.14. The SMILES string of the molecule is Cc1ccc(NC(=O)c2ccccc2OCc2ccc(Cl)cc2Cl)cc1NS(C)(=O)=O. The van der Waals surface area contributed by atoms with E-state index < -0.39 is 15.9 Å². The monoisotopic (exact) mass is 478 g/mol. The van der Waals surface area contributed by atoms with Gasteiger partial charge in [0.1, 0.15) is 12.4 Å². The van der Waals surface area contributed by atoms with Gasteiger partial charge in [-0.25, -0.2) is 8.42 Å². The normalized spacial score (nSPS) is 11.1. The van der Waals surface area contributed by atoms with Crippen molar-refractivity contribution in [1.29, 1.82) is 0 Å². The molecule has 0 spiro atoms. The van der Waals surface area contributed by atoms with Crippen LogP contribution in [0.15, 0.2) is 60.7 Å². The van der Waals surface area contributed by atoms with Gasteiger partial charge in [0, 0.05) is 21.3 Å². The van der Waals surface area contributed by atoms with Crippen molar-refractivity contribution in [2.24, 2.45) is 0 Å². The Morgan fingerprint density at radius 1 is 1.03 bits per heavy atom. The number of hydrogen-bond donors (Lipinski definition) is 2. The van der Waals surface area contributed by atoms with Gasteiger partial charge in [-0.1, -0.05) is 47.5 Å². The number of sulfonamides is 1. The summed E-state index contributed by atoms with van der Waals surface area (Å²) in [6, 6.07) is 16.9. The van der Waals surface area contributed by atoms with Crippen molar-refractivity contribution in [1.82, 2.24) is 0 Å². The molecule has 31 heavy (non-hydrogen) atoms. The van der Waals surface area contributed by atoms with Gasteiger partial charge in [0.2, 0.25) is 10.0 Å². The molecule has 6 nitrogen and oxygen atoms in total. The number of anilines is 2. The maximum Gasteiger partial charge on any atom is 0.259 e. The summed E-state index contributed by atoms with van der Waals surface area (Å²) in [5.41, 5.74) is 2.62. The van der Waals surface area contributed by atoms with Crippen LogP contribution < -0.4 is 14.8 Å². The second-order valence-electron chi connectivity index (χ2n) is 6.88. The first kappa shape index (κ1) is 22.9. The summed E-state index contributed by atoms with van der Waals surface area (Å²) >= 11 is 12.1. The van der Waals surface area contributed by atoms with Gasteiger partial charge >= 0.3 is 0 Å². The number of carbonyl (C=O) groups excluding carboxylic acids is 1. The highest BCUT2D eigenvalue weighted by atomic mass is 35.5. The second-order valence-corrected chi connectivity index (χ2v) is 9.47. The third-order valence-electron chi connectivity index (χ3n) is 4.32. The van der Waals surface area contributed by atoms with Crippen LogP contribution in [0.1, 0.15) is 21.5 Å². The number of hydrogen-bond acceptors (Lipinski definition) is 4. The quantitative estimate of drug-likeness (QED) is 0.469. The molecule has 162 valence electrons. The lowest BCUT2D eigenvalue weighted by atomic mass is 10.1. The minimum atomic E-state index is -3.45. The lowest BCUT2D eigenvalue weighted by Crippen LogP contribution is -2.15. The lowest BCUT2D eigenvalue weighted by Gasteiger charge is -2.14. The molecule has 0 aliphatic carbocycles. The number of ether oxygens (including phenoxy) is 1. The Bertz CT molecular complexity index is 1230. The van der Waals surface area contributed by atoms with E-state index in [-0.39, 0.29) is 6.61 Å². The lowest BCUT2D eigenvalue weighted by molar-refractivity contribution is 0.102. The summed E-state index contributed by atoms with van der Waals surface area (Å²) in [4.78, 5) is 12.9. The minimum Gasteiger partial charge on any atom is -0.488 e. The van der Waals surface area contributed by atoms with Crippen molar-refractivity contribution >= 4 is 50.5 Å². The number of rotatable bonds is 7. The smallest absolute Gasteiger partial charge is 0.259 e. The van der Waals surface area contributed by atoms with Gasteiger partial charge in [0.15, 0.2) is 0 Å². The molecule has 0 aliphatic rings. The minimum absolute atomic E-state index is 0.160. The number of para-hydroxylation sites is 1. The number of nitrogens with one attached hydrogen (secondary N) is 2. The molecule has 3 aromatic rings. The maximum absolute atomic E-state index is 12.9. The van der Waals surface area contributed by atoms with E-state index in [9.17, 15) is 13.2 Å². The third kappa shape index (κ3) is 6.37. The van der Waals surface area contributed by atoms with Crippen LogP contribution in [0.25, 0.3) is 0 Å². The first-order valence-electron chi connectivity index (χ1n) is 9.18. The number of carbonyl (C=O) groups is 1. The zero-order valence-corrected chi connectivity index (χ0v) is 19.1. The molecule has 2 N–H and O–H groups in total. The molecule has 3 aromatic carbocycles. The molecule has 0 aromatic heterocycles. The van der Waals surface area contributed by atoms with Crippen molar-refractivity contribution in [3.63, 3.8) is 0 Å². The number of amides is 1. The van der Waals surface area contributed by atoms with Crippen molar-refractivity contribution in [2.75, 3.05) is 16.3 Å². The summed E-state index contributed by atoms with van der Waals surface area (Å²) in [5.74, 6) is -0.0143.